The number of carbonyl (C=O) groups is 2. The summed E-state index contributed by atoms with van der Waals surface area (Å²) in [4.78, 5) is 25.6. The lowest BCUT2D eigenvalue weighted by atomic mass is 10.2. The summed E-state index contributed by atoms with van der Waals surface area (Å²) in [6, 6.07) is 20.5. The van der Waals surface area contributed by atoms with Crippen LogP contribution in [-0.4, -0.2) is 42.2 Å². The number of ether oxygens (including phenoxy) is 1. The van der Waals surface area contributed by atoms with Gasteiger partial charge in [0, 0.05) is 43.2 Å². The van der Waals surface area contributed by atoms with Gasteiger partial charge in [-0.15, -0.1) is 0 Å². The van der Waals surface area contributed by atoms with Crippen molar-refractivity contribution < 1.29 is 14.3 Å². The van der Waals surface area contributed by atoms with Gasteiger partial charge in [0.2, 0.25) is 0 Å². The molecule has 0 aliphatic carbocycles. The highest BCUT2D eigenvalue weighted by Gasteiger charge is 2.23. The first kappa shape index (κ1) is 21.4. The Kier molecular flexibility index (Phi) is 7.72. The molecule has 1 heterocycles. The SMILES string of the molecule is NS(CCOC(=O)N1CCCC(=O)CC1)(Cc1ccccc1)Cc1ccccc1. The second-order valence-electron chi connectivity index (χ2n) is 7.57. The molecule has 156 valence electrons. The van der Waals surface area contributed by atoms with Crippen LogP contribution in [0.4, 0.5) is 4.79 Å². The molecule has 0 radical (unpaired) electrons. The Balaban J connectivity index is 1.60. The van der Waals surface area contributed by atoms with Crippen LogP contribution in [0.15, 0.2) is 60.7 Å². The van der Waals surface area contributed by atoms with Crippen molar-refractivity contribution in [3.63, 3.8) is 0 Å². The molecular weight excluding hydrogens is 384 g/mol. The number of hydrogen-bond acceptors (Lipinski definition) is 4. The summed E-state index contributed by atoms with van der Waals surface area (Å²) in [7, 11) is -1.54. The van der Waals surface area contributed by atoms with Crippen molar-refractivity contribution in [2.75, 3.05) is 25.4 Å². The van der Waals surface area contributed by atoms with Crippen molar-refractivity contribution in [3.05, 3.63) is 71.8 Å². The topological polar surface area (TPSA) is 72.6 Å². The average Bonchev–Trinajstić information content (AvgIpc) is 2.94. The van der Waals surface area contributed by atoms with Crippen molar-refractivity contribution in [3.8, 4) is 0 Å². The molecule has 5 nitrogen and oxygen atoms in total. The highest BCUT2D eigenvalue weighted by Crippen LogP contribution is 2.46. The van der Waals surface area contributed by atoms with E-state index >= 15 is 0 Å². The number of likely N-dealkylation sites (tertiary alicyclic amines) is 1. The monoisotopic (exact) mass is 414 g/mol. The van der Waals surface area contributed by atoms with E-state index in [1.165, 1.54) is 11.1 Å². The summed E-state index contributed by atoms with van der Waals surface area (Å²) in [6.07, 6.45) is 1.35. The highest BCUT2D eigenvalue weighted by atomic mass is 32.3. The number of rotatable bonds is 7. The molecule has 3 rings (SSSR count). The fourth-order valence-corrected chi connectivity index (χ4v) is 6.06. The van der Waals surface area contributed by atoms with Gasteiger partial charge in [0.05, 0.1) is 0 Å². The zero-order chi connectivity index (χ0) is 20.5. The first-order chi connectivity index (χ1) is 14.0. The Bertz CT molecular complexity index is 757. The second-order valence-corrected chi connectivity index (χ2v) is 10.8. The number of nitrogens with zero attached hydrogens (tertiary/aromatic N) is 1. The van der Waals surface area contributed by atoms with Gasteiger partial charge < -0.3 is 9.64 Å². The van der Waals surface area contributed by atoms with Crippen LogP contribution in [0, 0.1) is 0 Å². The summed E-state index contributed by atoms with van der Waals surface area (Å²) in [5.74, 6) is 2.45. The Morgan fingerprint density at radius 1 is 0.931 bits per heavy atom. The van der Waals surface area contributed by atoms with Crippen LogP contribution in [0.2, 0.25) is 0 Å². The highest BCUT2D eigenvalue weighted by molar-refractivity contribution is 8.30. The quantitative estimate of drug-likeness (QED) is 0.735. The van der Waals surface area contributed by atoms with Crippen molar-refractivity contribution in [2.24, 2.45) is 5.14 Å². The van der Waals surface area contributed by atoms with Crippen molar-refractivity contribution in [2.45, 2.75) is 30.8 Å². The number of ketones is 1. The van der Waals surface area contributed by atoms with E-state index in [1.807, 2.05) is 36.4 Å². The lowest BCUT2D eigenvalue weighted by Crippen LogP contribution is -2.34. The van der Waals surface area contributed by atoms with Gasteiger partial charge in [-0.25, -0.2) is 4.79 Å². The minimum absolute atomic E-state index is 0.219. The number of hydrogen-bond donors (Lipinski definition) is 1. The van der Waals surface area contributed by atoms with E-state index in [2.05, 4.69) is 24.3 Å². The molecule has 29 heavy (non-hydrogen) atoms. The smallest absolute Gasteiger partial charge is 0.409 e. The largest absolute Gasteiger partial charge is 0.449 e. The minimum Gasteiger partial charge on any atom is -0.449 e. The molecule has 1 saturated heterocycles. The number of Topliss-reactive ketones (excluding diaryl/α,β-unsaturated/α-hetero) is 1. The fourth-order valence-electron chi connectivity index (χ4n) is 3.54. The van der Waals surface area contributed by atoms with Gasteiger partial charge in [-0.1, -0.05) is 60.7 Å². The van der Waals surface area contributed by atoms with E-state index in [0.29, 0.717) is 44.7 Å². The van der Waals surface area contributed by atoms with Gasteiger partial charge in [0.15, 0.2) is 0 Å². The molecule has 1 fully saturated rings. The maximum absolute atomic E-state index is 12.4. The van der Waals surface area contributed by atoms with Crippen molar-refractivity contribution >= 4 is 22.1 Å². The molecule has 1 aliphatic heterocycles. The first-order valence-electron chi connectivity index (χ1n) is 10.1. The molecule has 0 aromatic heterocycles. The third-order valence-corrected chi connectivity index (χ3v) is 7.91. The molecule has 1 amide bonds. The molecular formula is C23H30N2O3S. The molecule has 0 atom stereocenters. The second kappa shape index (κ2) is 10.5. The Morgan fingerprint density at radius 3 is 2.10 bits per heavy atom. The van der Waals surface area contributed by atoms with Crippen LogP contribution in [0.3, 0.4) is 0 Å². The van der Waals surface area contributed by atoms with Crippen LogP contribution < -0.4 is 5.14 Å². The molecule has 1 aliphatic rings. The zero-order valence-corrected chi connectivity index (χ0v) is 17.6. The summed E-state index contributed by atoms with van der Waals surface area (Å²) < 4.78 is 5.56. The van der Waals surface area contributed by atoms with E-state index in [1.54, 1.807) is 4.90 Å². The Morgan fingerprint density at radius 2 is 1.52 bits per heavy atom. The van der Waals surface area contributed by atoms with E-state index in [-0.39, 0.29) is 11.9 Å². The van der Waals surface area contributed by atoms with Gasteiger partial charge in [-0.2, -0.15) is 10.2 Å². The summed E-state index contributed by atoms with van der Waals surface area (Å²) in [5.41, 5.74) is 2.41. The molecule has 0 saturated carbocycles. The van der Waals surface area contributed by atoms with Gasteiger partial charge >= 0.3 is 6.09 Å². The lowest BCUT2D eigenvalue weighted by Gasteiger charge is -2.36. The molecule has 2 aromatic carbocycles. The summed E-state index contributed by atoms with van der Waals surface area (Å²) in [5, 5.41) is 6.90. The molecule has 2 aromatic rings. The predicted octanol–water partition coefficient (Wildman–Crippen LogP) is 4.26. The first-order valence-corrected chi connectivity index (χ1v) is 12.3. The maximum Gasteiger partial charge on any atom is 0.409 e. The average molecular weight is 415 g/mol. The van der Waals surface area contributed by atoms with Crippen LogP contribution in [0.1, 0.15) is 30.4 Å². The van der Waals surface area contributed by atoms with Crippen molar-refractivity contribution in [1.82, 2.24) is 4.90 Å². The van der Waals surface area contributed by atoms with Gasteiger partial charge in [-0.3, -0.25) is 9.93 Å². The van der Waals surface area contributed by atoms with Crippen LogP contribution in [-0.2, 0) is 21.0 Å². The number of carbonyl (C=O) groups excluding carboxylic acids is 2. The number of amides is 1. The van der Waals surface area contributed by atoms with Gasteiger partial charge in [0.1, 0.15) is 12.4 Å². The molecule has 0 bridgehead atoms. The Hall–Kier alpha value is -2.31. The zero-order valence-electron chi connectivity index (χ0n) is 16.8. The third-order valence-electron chi connectivity index (χ3n) is 5.11. The maximum atomic E-state index is 12.4. The van der Waals surface area contributed by atoms with E-state index in [4.69, 9.17) is 9.88 Å². The van der Waals surface area contributed by atoms with E-state index in [0.717, 1.165) is 11.5 Å². The fraction of sp³-hybridized carbons (Fsp3) is 0.391. The van der Waals surface area contributed by atoms with Crippen LogP contribution in [0.25, 0.3) is 0 Å². The Labute approximate surface area is 174 Å². The lowest BCUT2D eigenvalue weighted by molar-refractivity contribution is -0.118. The van der Waals surface area contributed by atoms with Gasteiger partial charge in [-0.05, 0) is 17.5 Å². The standard InChI is InChI=1S/C23H30N2O3S/c24-29(18-20-8-3-1-4-9-20,19-21-10-5-2-6-11-21)17-16-28-23(27)25-14-7-12-22(26)13-15-25/h1-6,8-11H,7,12-19,24H2. The van der Waals surface area contributed by atoms with Crippen LogP contribution in [0.5, 0.6) is 0 Å². The summed E-state index contributed by atoms with van der Waals surface area (Å²) >= 11 is 0. The van der Waals surface area contributed by atoms with Gasteiger partial charge in [0.25, 0.3) is 0 Å². The van der Waals surface area contributed by atoms with E-state index < -0.39 is 10.2 Å². The number of nitrogens with two attached hydrogens (primary N) is 1. The predicted molar refractivity (Wildman–Crippen MR) is 119 cm³/mol. The third kappa shape index (κ3) is 6.91. The summed E-state index contributed by atoms with van der Waals surface area (Å²) in [6.45, 7) is 1.33. The van der Waals surface area contributed by atoms with Crippen LogP contribution >= 0.6 is 10.2 Å². The molecule has 6 heteroatoms. The minimum atomic E-state index is -1.54. The van der Waals surface area contributed by atoms with E-state index in [9.17, 15) is 9.59 Å². The normalized spacial score (nSPS) is 15.6. The van der Waals surface area contributed by atoms with Crippen molar-refractivity contribution in [1.29, 1.82) is 0 Å². The molecule has 2 N–H and O–H groups in total. The molecule has 0 spiro atoms. The number of benzene rings is 2. The molecule has 0 unspecified atom stereocenters.